The third-order valence-corrected chi connectivity index (χ3v) is 3.66. The van der Waals surface area contributed by atoms with Gasteiger partial charge in [0.1, 0.15) is 23.2 Å². The number of hydrogen-bond donors (Lipinski definition) is 1. The highest BCUT2D eigenvalue weighted by molar-refractivity contribution is 5.72. The van der Waals surface area contributed by atoms with E-state index in [-0.39, 0.29) is 17.1 Å². The number of nitrogen functional groups attached to an aromatic ring is 1. The van der Waals surface area contributed by atoms with Crippen molar-refractivity contribution in [1.82, 2.24) is 9.55 Å². The minimum absolute atomic E-state index is 0.170. The molecule has 2 aromatic rings. The molecule has 1 aliphatic carbocycles. The summed E-state index contributed by atoms with van der Waals surface area (Å²) < 4.78 is 53.3. The second-order valence-electron chi connectivity index (χ2n) is 5.23. The van der Waals surface area contributed by atoms with Crippen LogP contribution in [0.3, 0.4) is 0 Å². The minimum atomic E-state index is -4.75. The summed E-state index contributed by atoms with van der Waals surface area (Å²) in [7, 11) is 1.73. The maximum absolute atomic E-state index is 13.3. The van der Waals surface area contributed by atoms with E-state index in [9.17, 15) is 17.6 Å². The lowest BCUT2D eigenvalue weighted by Crippen LogP contribution is -2.08. The van der Waals surface area contributed by atoms with Crippen LogP contribution < -0.4 is 5.73 Å². The van der Waals surface area contributed by atoms with Gasteiger partial charge in [-0.25, -0.2) is 9.37 Å². The van der Waals surface area contributed by atoms with E-state index < -0.39 is 17.6 Å². The number of aromatic nitrogens is 2. The lowest BCUT2D eigenvalue weighted by Gasteiger charge is -2.09. The Balaban J connectivity index is 2.11. The Morgan fingerprint density at radius 1 is 1.29 bits per heavy atom. The predicted octanol–water partition coefficient (Wildman–Crippen LogP) is 3.70. The molecule has 0 unspecified atom stereocenters. The van der Waals surface area contributed by atoms with Gasteiger partial charge in [0, 0.05) is 18.5 Å². The quantitative estimate of drug-likeness (QED) is 0.859. The summed E-state index contributed by atoms with van der Waals surface area (Å²) in [6.45, 7) is 0. The lowest BCUT2D eigenvalue weighted by atomic mass is 10.1. The number of nitrogens with zero attached hydrogens (tertiary/aromatic N) is 2. The maximum atomic E-state index is 13.3. The summed E-state index contributed by atoms with van der Waals surface area (Å²) in [6, 6.07) is 2.81. The van der Waals surface area contributed by atoms with E-state index in [1.165, 1.54) is 6.07 Å². The zero-order chi connectivity index (χ0) is 15.4. The van der Waals surface area contributed by atoms with Crippen molar-refractivity contribution in [1.29, 1.82) is 0 Å². The van der Waals surface area contributed by atoms with Crippen molar-refractivity contribution in [3.63, 3.8) is 0 Å². The summed E-state index contributed by atoms with van der Waals surface area (Å²) in [6.07, 6.45) is -2.75. The Hall–Kier alpha value is -2.05. The van der Waals surface area contributed by atoms with Gasteiger partial charge in [0.2, 0.25) is 0 Å². The fourth-order valence-corrected chi connectivity index (χ4v) is 2.34. The van der Waals surface area contributed by atoms with E-state index >= 15 is 0 Å². The number of alkyl halides is 3. The summed E-state index contributed by atoms with van der Waals surface area (Å²) in [4.78, 5) is 4.34. The number of imidazole rings is 1. The predicted molar refractivity (Wildman–Crippen MR) is 70.0 cm³/mol. The Bertz CT molecular complexity index is 699. The summed E-state index contributed by atoms with van der Waals surface area (Å²) >= 11 is 0. The first-order valence-electron chi connectivity index (χ1n) is 6.48. The number of hydrogen-bond acceptors (Lipinski definition) is 2. The topological polar surface area (TPSA) is 43.8 Å². The van der Waals surface area contributed by atoms with Crippen LogP contribution in [0.4, 0.5) is 23.4 Å². The van der Waals surface area contributed by atoms with Crippen molar-refractivity contribution >= 4 is 5.82 Å². The molecule has 0 radical (unpaired) electrons. The molecule has 0 atom stereocenters. The molecule has 21 heavy (non-hydrogen) atoms. The number of nitrogens with two attached hydrogens (primary N) is 1. The van der Waals surface area contributed by atoms with Gasteiger partial charge in [-0.15, -0.1) is 0 Å². The minimum Gasteiger partial charge on any atom is -0.383 e. The highest BCUT2D eigenvalue weighted by Gasteiger charge is 2.35. The monoisotopic (exact) mass is 299 g/mol. The van der Waals surface area contributed by atoms with E-state index in [2.05, 4.69) is 4.98 Å². The fraction of sp³-hybridized carbons (Fsp3) is 0.357. The van der Waals surface area contributed by atoms with Crippen LogP contribution in [-0.4, -0.2) is 9.55 Å². The first-order chi connectivity index (χ1) is 9.79. The molecular formula is C14H13F4N3. The van der Waals surface area contributed by atoms with Crippen molar-refractivity contribution in [3.8, 4) is 11.3 Å². The average Bonchev–Trinajstić information content (AvgIpc) is 3.19. The Morgan fingerprint density at radius 3 is 2.52 bits per heavy atom. The lowest BCUT2D eigenvalue weighted by molar-refractivity contribution is -0.139. The molecule has 0 saturated heterocycles. The molecule has 7 heteroatoms. The van der Waals surface area contributed by atoms with E-state index in [0.29, 0.717) is 5.92 Å². The van der Waals surface area contributed by atoms with E-state index in [1.54, 1.807) is 11.6 Å². The molecule has 1 saturated carbocycles. The summed E-state index contributed by atoms with van der Waals surface area (Å²) in [5, 5.41) is 0. The third-order valence-electron chi connectivity index (χ3n) is 3.66. The average molecular weight is 299 g/mol. The van der Waals surface area contributed by atoms with Gasteiger partial charge in [0.05, 0.1) is 5.56 Å². The van der Waals surface area contributed by atoms with Gasteiger partial charge < -0.3 is 10.3 Å². The van der Waals surface area contributed by atoms with E-state index in [4.69, 9.17) is 5.73 Å². The van der Waals surface area contributed by atoms with Crippen LogP contribution in [0.5, 0.6) is 0 Å². The molecule has 0 bridgehead atoms. The Morgan fingerprint density at radius 2 is 1.95 bits per heavy atom. The molecular weight excluding hydrogens is 286 g/mol. The smallest absolute Gasteiger partial charge is 0.383 e. The summed E-state index contributed by atoms with van der Waals surface area (Å²) in [5.74, 6) is 0.0637. The first kappa shape index (κ1) is 13.9. The Labute approximate surface area is 118 Å². The van der Waals surface area contributed by atoms with Crippen LogP contribution >= 0.6 is 0 Å². The van der Waals surface area contributed by atoms with E-state index in [0.717, 1.165) is 30.8 Å². The maximum Gasteiger partial charge on any atom is 0.419 e. The summed E-state index contributed by atoms with van der Waals surface area (Å²) in [5.41, 5.74) is 5.05. The second kappa shape index (κ2) is 4.47. The molecule has 1 heterocycles. The SMILES string of the molecule is Cn1c(C2CC2)nc(-c2ccc(F)c(C(F)(F)F)c2)c1N. The molecule has 3 nitrogen and oxygen atoms in total. The van der Waals surface area contributed by atoms with Crippen LogP contribution in [0, 0.1) is 5.82 Å². The third kappa shape index (κ3) is 2.36. The van der Waals surface area contributed by atoms with Crippen molar-refractivity contribution in [2.75, 3.05) is 5.73 Å². The van der Waals surface area contributed by atoms with Gasteiger partial charge in [0.25, 0.3) is 0 Å². The largest absolute Gasteiger partial charge is 0.419 e. The number of benzene rings is 1. The molecule has 1 fully saturated rings. The molecule has 1 aromatic carbocycles. The Kier molecular flexibility index (Phi) is 2.96. The number of halogens is 4. The number of rotatable bonds is 2. The van der Waals surface area contributed by atoms with Crippen molar-refractivity contribution in [2.24, 2.45) is 7.05 Å². The van der Waals surface area contributed by atoms with Gasteiger partial charge >= 0.3 is 6.18 Å². The second-order valence-corrected chi connectivity index (χ2v) is 5.23. The molecule has 0 spiro atoms. The standard InChI is InChI=1S/C14H13F4N3/c1-21-12(19)11(20-13(21)7-2-3-7)8-4-5-10(15)9(6-8)14(16,17)18/h4-7H,2-3,19H2,1H3. The van der Waals surface area contributed by atoms with Gasteiger partial charge in [-0.2, -0.15) is 13.2 Å². The number of anilines is 1. The molecule has 112 valence electrons. The van der Waals surface area contributed by atoms with Gasteiger partial charge in [-0.3, -0.25) is 0 Å². The zero-order valence-corrected chi connectivity index (χ0v) is 11.2. The van der Waals surface area contributed by atoms with Crippen LogP contribution in [0.2, 0.25) is 0 Å². The van der Waals surface area contributed by atoms with Crippen LogP contribution in [0.1, 0.15) is 30.1 Å². The highest BCUT2D eigenvalue weighted by atomic mass is 19.4. The van der Waals surface area contributed by atoms with Crippen LogP contribution in [0.15, 0.2) is 18.2 Å². The zero-order valence-electron chi connectivity index (χ0n) is 11.2. The van der Waals surface area contributed by atoms with Crippen molar-refractivity contribution < 1.29 is 17.6 Å². The molecule has 1 aliphatic rings. The van der Waals surface area contributed by atoms with Crippen LogP contribution in [-0.2, 0) is 13.2 Å². The normalized spacial score (nSPS) is 15.5. The van der Waals surface area contributed by atoms with Crippen molar-refractivity contribution in [3.05, 3.63) is 35.4 Å². The van der Waals surface area contributed by atoms with Gasteiger partial charge in [-0.05, 0) is 31.0 Å². The molecule has 0 aliphatic heterocycles. The fourth-order valence-electron chi connectivity index (χ4n) is 2.34. The van der Waals surface area contributed by atoms with Crippen LogP contribution in [0.25, 0.3) is 11.3 Å². The molecule has 0 amide bonds. The van der Waals surface area contributed by atoms with Crippen molar-refractivity contribution in [2.45, 2.75) is 24.9 Å². The highest BCUT2D eigenvalue weighted by Crippen LogP contribution is 2.42. The van der Waals surface area contributed by atoms with E-state index in [1.807, 2.05) is 0 Å². The van der Waals surface area contributed by atoms with Gasteiger partial charge in [-0.1, -0.05) is 0 Å². The molecule has 2 N–H and O–H groups in total. The molecule has 3 rings (SSSR count). The first-order valence-corrected chi connectivity index (χ1v) is 6.48. The molecule has 1 aromatic heterocycles. The van der Waals surface area contributed by atoms with Gasteiger partial charge in [0.15, 0.2) is 0 Å².